The zero-order valence-electron chi connectivity index (χ0n) is 10.6. The SMILES string of the molecule is N/C(=N\O)c1ccccc1Oc1ccc([N+](=O)[O-])cc1Cl. The first-order valence-electron chi connectivity index (χ1n) is 5.71. The number of nitrogens with two attached hydrogens (primary N) is 1. The lowest BCUT2D eigenvalue weighted by Crippen LogP contribution is -2.14. The molecule has 3 N–H and O–H groups in total. The molecule has 0 aliphatic rings. The number of hydrogen-bond acceptors (Lipinski definition) is 5. The van der Waals surface area contributed by atoms with E-state index in [1.165, 1.54) is 18.2 Å². The molecule has 0 spiro atoms. The fourth-order valence-electron chi connectivity index (χ4n) is 1.63. The first-order valence-corrected chi connectivity index (χ1v) is 6.09. The van der Waals surface area contributed by atoms with Crippen LogP contribution in [0.5, 0.6) is 11.5 Å². The van der Waals surface area contributed by atoms with Gasteiger partial charge in [-0.05, 0) is 18.2 Å². The van der Waals surface area contributed by atoms with Crippen molar-refractivity contribution in [3.05, 3.63) is 63.2 Å². The van der Waals surface area contributed by atoms with Gasteiger partial charge >= 0.3 is 0 Å². The Morgan fingerprint density at radius 3 is 2.62 bits per heavy atom. The first-order chi connectivity index (χ1) is 10.0. The number of para-hydroxylation sites is 1. The van der Waals surface area contributed by atoms with Gasteiger partial charge in [-0.25, -0.2) is 0 Å². The van der Waals surface area contributed by atoms with Crippen LogP contribution in [-0.4, -0.2) is 16.0 Å². The molecule has 8 heteroatoms. The summed E-state index contributed by atoms with van der Waals surface area (Å²) in [6.07, 6.45) is 0. The highest BCUT2D eigenvalue weighted by molar-refractivity contribution is 6.32. The van der Waals surface area contributed by atoms with Crippen molar-refractivity contribution in [2.45, 2.75) is 0 Å². The van der Waals surface area contributed by atoms with Crippen LogP contribution >= 0.6 is 11.6 Å². The quantitative estimate of drug-likeness (QED) is 0.296. The number of nitro groups is 1. The van der Waals surface area contributed by atoms with E-state index in [-0.39, 0.29) is 22.3 Å². The summed E-state index contributed by atoms with van der Waals surface area (Å²) in [5.74, 6) is 0.410. The Balaban J connectivity index is 2.37. The molecule has 0 unspecified atom stereocenters. The number of nitro benzene ring substituents is 1. The molecule has 2 aromatic rings. The first kappa shape index (κ1) is 14.6. The number of amidine groups is 1. The Morgan fingerprint density at radius 2 is 2.00 bits per heavy atom. The Labute approximate surface area is 124 Å². The molecular formula is C13H10ClN3O4. The molecular weight excluding hydrogens is 298 g/mol. The topological polar surface area (TPSA) is 111 Å². The monoisotopic (exact) mass is 307 g/mol. The van der Waals surface area contributed by atoms with Crippen LogP contribution in [0.15, 0.2) is 47.6 Å². The predicted molar refractivity (Wildman–Crippen MR) is 77.1 cm³/mol. The van der Waals surface area contributed by atoms with E-state index in [2.05, 4.69) is 5.16 Å². The number of rotatable bonds is 4. The standard InChI is InChI=1S/C13H10ClN3O4/c14-10-7-8(17(19)20)5-6-12(10)21-11-4-2-1-3-9(11)13(15)16-18/h1-7,18H,(H2,15,16). The highest BCUT2D eigenvalue weighted by Crippen LogP contribution is 2.33. The van der Waals surface area contributed by atoms with Crippen molar-refractivity contribution in [3.63, 3.8) is 0 Å². The third-order valence-corrected chi connectivity index (χ3v) is 2.91. The third-order valence-electron chi connectivity index (χ3n) is 2.62. The number of halogens is 1. The number of ether oxygens (including phenoxy) is 1. The van der Waals surface area contributed by atoms with E-state index in [0.29, 0.717) is 11.3 Å². The fourth-order valence-corrected chi connectivity index (χ4v) is 1.84. The van der Waals surface area contributed by atoms with Gasteiger partial charge in [-0.3, -0.25) is 10.1 Å². The minimum absolute atomic E-state index is 0.0820. The number of non-ortho nitro benzene ring substituents is 1. The molecule has 2 aromatic carbocycles. The maximum Gasteiger partial charge on any atom is 0.271 e. The van der Waals surface area contributed by atoms with E-state index in [4.69, 9.17) is 27.3 Å². The van der Waals surface area contributed by atoms with Gasteiger partial charge in [-0.15, -0.1) is 0 Å². The van der Waals surface area contributed by atoms with E-state index >= 15 is 0 Å². The van der Waals surface area contributed by atoms with Crippen LogP contribution in [0.1, 0.15) is 5.56 Å². The minimum atomic E-state index is -0.556. The molecule has 0 bridgehead atoms. The highest BCUT2D eigenvalue weighted by Gasteiger charge is 2.13. The van der Waals surface area contributed by atoms with Crippen molar-refractivity contribution < 1.29 is 14.9 Å². The van der Waals surface area contributed by atoms with Crippen molar-refractivity contribution in [2.24, 2.45) is 10.9 Å². The molecule has 0 radical (unpaired) electrons. The molecule has 0 saturated heterocycles. The number of hydrogen-bond donors (Lipinski definition) is 2. The largest absolute Gasteiger partial charge is 0.455 e. The number of benzene rings is 2. The highest BCUT2D eigenvalue weighted by atomic mass is 35.5. The van der Waals surface area contributed by atoms with Crippen molar-refractivity contribution in [1.82, 2.24) is 0 Å². The van der Waals surface area contributed by atoms with Crippen molar-refractivity contribution in [1.29, 1.82) is 0 Å². The lowest BCUT2D eigenvalue weighted by atomic mass is 10.2. The molecule has 0 atom stereocenters. The Bertz CT molecular complexity index is 718. The van der Waals surface area contributed by atoms with Crippen LogP contribution in [-0.2, 0) is 0 Å². The number of oxime groups is 1. The van der Waals surface area contributed by atoms with Crippen LogP contribution in [0.2, 0.25) is 5.02 Å². The van der Waals surface area contributed by atoms with E-state index in [9.17, 15) is 10.1 Å². The van der Waals surface area contributed by atoms with Gasteiger partial charge in [0.15, 0.2) is 5.84 Å². The Hall–Kier alpha value is -2.80. The van der Waals surface area contributed by atoms with Gasteiger partial charge in [0, 0.05) is 12.1 Å². The van der Waals surface area contributed by atoms with Crippen LogP contribution < -0.4 is 10.5 Å². The smallest absolute Gasteiger partial charge is 0.271 e. The summed E-state index contributed by atoms with van der Waals surface area (Å²) in [7, 11) is 0. The molecule has 0 saturated carbocycles. The molecule has 108 valence electrons. The maximum atomic E-state index is 10.7. The zero-order valence-corrected chi connectivity index (χ0v) is 11.3. The maximum absolute atomic E-state index is 10.7. The van der Waals surface area contributed by atoms with Crippen molar-refractivity contribution in [2.75, 3.05) is 0 Å². The third kappa shape index (κ3) is 3.21. The minimum Gasteiger partial charge on any atom is -0.455 e. The normalized spacial score (nSPS) is 11.2. The summed E-state index contributed by atoms with van der Waals surface area (Å²) >= 11 is 5.95. The Morgan fingerprint density at radius 1 is 1.29 bits per heavy atom. The molecule has 21 heavy (non-hydrogen) atoms. The zero-order chi connectivity index (χ0) is 15.4. The summed E-state index contributed by atoms with van der Waals surface area (Å²) in [6, 6.07) is 10.4. The summed E-state index contributed by atoms with van der Waals surface area (Å²) in [6.45, 7) is 0. The van der Waals surface area contributed by atoms with Gasteiger partial charge in [0.1, 0.15) is 11.5 Å². The van der Waals surface area contributed by atoms with Crippen molar-refractivity contribution in [3.8, 4) is 11.5 Å². The van der Waals surface area contributed by atoms with Crippen LogP contribution in [0.3, 0.4) is 0 Å². The molecule has 0 heterocycles. The van der Waals surface area contributed by atoms with Crippen LogP contribution in [0.25, 0.3) is 0 Å². The van der Waals surface area contributed by atoms with Gasteiger partial charge in [0.2, 0.25) is 0 Å². The van der Waals surface area contributed by atoms with Crippen molar-refractivity contribution >= 4 is 23.1 Å². The summed E-state index contributed by atoms with van der Waals surface area (Å²) in [4.78, 5) is 10.1. The van der Waals surface area contributed by atoms with Crippen LogP contribution in [0.4, 0.5) is 5.69 Å². The molecule has 7 nitrogen and oxygen atoms in total. The molecule has 0 amide bonds. The van der Waals surface area contributed by atoms with E-state index < -0.39 is 4.92 Å². The molecule has 0 aliphatic heterocycles. The van der Waals surface area contributed by atoms with Crippen LogP contribution in [0, 0.1) is 10.1 Å². The average Bonchev–Trinajstić information content (AvgIpc) is 2.49. The molecule has 0 aromatic heterocycles. The summed E-state index contributed by atoms with van der Waals surface area (Å²) in [5.41, 5.74) is 5.78. The van der Waals surface area contributed by atoms with Gasteiger partial charge in [0.05, 0.1) is 15.5 Å². The van der Waals surface area contributed by atoms with E-state index in [0.717, 1.165) is 0 Å². The van der Waals surface area contributed by atoms with E-state index in [1.807, 2.05) is 0 Å². The second kappa shape index (κ2) is 6.10. The lowest BCUT2D eigenvalue weighted by Gasteiger charge is -2.11. The van der Waals surface area contributed by atoms with Gasteiger partial charge in [-0.1, -0.05) is 28.9 Å². The van der Waals surface area contributed by atoms with E-state index in [1.54, 1.807) is 24.3 Å². The van der Waals surface area contributed by atoms with Gasteiger partial charge < -0.3 is 15.7 Å². The summed E-state index contributed by atoms with van der Waals surface area (Å²) < 4.78 is 5.57. The molecule has 0 aliphatic carbocycles. The molecule has 2 rings (SSSR count). The van der Waals surface area contributed by atoms with Gasteiger partial charge in [0.25, 0.3) is 5.69 Å². The number of nitrogens with zero attached hydrogens (tertiary/aromatic N) is 2. The fraction of sp³-hybridized carbons (Fsp3) is 0. The lowest BCUT2D eigenvalue weighted by molar-refractivity contribution is -0.384. The second-order valence-electron chi connectivity index (χ2n) is 3.96. The summed E-state index contributed by atoms with van der Waals surface area (Å²) in [5, 5.41) is 22.4. The van der Waals surface area contributed by atoms with Gasteiger partial charge in [-0.2, -0.15) is 0 Å². The molecule has 0 fully saturated rings. The predicted octanol–water partition coefficient (Wildman–Crippen LogP) is 3.14. The Kier molecular flexibility index (Phi) is 4.24. The average molecular weight is 308 g/mol. The second-order valence-corrected chi connectivity index (χ2v) is 4.36.